The van der Waals surface area contributed by atoms with Gasteiger partial charge in [-0.05, 0) is 0 Å². The number of nitrogens with one attached hydrogen (secondary N) is 2. The molecule has 0 bridgehead atoms. The second-order valence-corrected chi connectivity index (χ2v) is 3.12. The molecular weight excluding hydrogens is 192 g/mol. The summed E-state index contributed by atoms with van der Waals surface area (Å²) in [6.45, 7) is 0.858. The van der Waals surface area contributed by atoms with Gasteiger partial charge in [-0.2, -0.15) is 5.48 Å². The van der Waals surface area contributed by atoms with Gasteiger partial charge in [0.05, 0.1) is 6.61 Å². The van der Waals surface area contributed by atoms with Crippen molar-refractivity contribution < 1.29 is 25.0 Å². The molecule has 1 heterocycles. The molecule has 82 valence electrons. The molecule has 0 radical (unpaired) electrons. The predicted octanol–water partition coefficient (Wildman–Crippen LogP) is -2.93. The highest BCUT2D eigenvalue weighted by Gasteiger charge is 2.38. The highest BCUT2D eigenvalue weighted by atomic mass is 16.7. The molecule has 0 saturated carbocycles. The third-order valence-electron chi connectivity index (χ3n) is 1.96. The minimum Gasteiger partial charge on any atom is -0.393 e. The molecule has 1 aliphatic rings. The molecule has 1 fully saturated rings. The van der Waals surface area contributed by atoms with Gasteiger partial charge in [0, 0.05) is 6.92 Å². The van der Waals surface area contributed by atoms with Gasteiger partial charge < -0.3 is 20.6 Å². The summed E-state index contributed by atoms with van der Waals surface area (Å²) < 4.78 is 0. The molecule has 7 nitrogen and oxygen atoms in total. The summed E-state index contributed by atoms with van der Waals surface area (Å²) in [5, 5.41) is 29.9. The van der Waals surface area contributed by atoms with E-state index in [0.29, 0.717) is 0 Å². The summed E-state index contributed by atoms with van der Waals surface area (Å²) in [7, 11) is 0. The van der Waals surface area contributed by atoms with Gasteiger partial charge in [-0.15, -0.1) is 0 Å². The first-order valence-electron chi connectivity index (χ1n) is 4.21. The number of hydrogen-bond donors (Lipinski definition) is 5. The van der Waals surface area contributed by atoms with Crippen LogP contribution in [-0.2, 0) is 9.63 Å². The van der Waals surface area contributed by atoms with E-state index in [4.69, 9.17) is 9.94 Å². The molecule has 1 amide bonds. The van der Waals surface area contributed by atoms with Crippen molar-refractivity contribution >= 4 is 5.91 Å². The van der Waals surface area contributed by atoms with Crippen molar-refractivity contribution in [3.05, 3.63) is 0 Å². The van der Waals surface area contributed by atoms with Gasteiger partial charge >= 0.3 is 0 Å². The lowest BCUT2D eigenvalue weighted by atomic mass is 10.0. The molecule has 0 aliphatic carbocycles. The third-order valence-corrected chi connectivity index (χ3v) is 1.96. The van der Waals surface area contributed by atoms with Crippen molar-refractivity contribution in [2.24, 2.45) is 0 Å². The van der Waals surface area contributed by atoms with Gasteiger partial charge in [-0.1, -0.05) is 0 Å². The van der Waals surface area contributed by atoms with Gasteiger partial charge in [0.25, 0.3) is 0 Å². The molecule has 14 heavy (non-hydrogen) atoms. The van der Waals surface area contributed by atoms with Gasteiger partial charge in [0.2, 0.25) is 5.91 Å². The van der Waals surface area contributed by atoms with E-state index in [9.17, 15) is 15.0 Å². The second-order valence-electron chi connectivity index (χ2n) is 3.12. The SMILES string of the molecule is CC(=O)NC1NOC(CO)C(O)C1O. The number of hydroxylamine groups is 1. The monoisotopic (exact) mass is 206 g/mol. The van der Waals surface area contributed by atoms with Crippen LogP contribution in [0, 0.1) is 0 Å². The Morgan fingerprint density at radius 1 is 1.50 bits per heavy atom. The van der Waals surface area contributed by atoms with Crippen molar-refractivity contribution in [2.45, 2.75) is 31.4 Å². The van der Waals surface area contributed by atoms with Crippen molar-refractivity contribution in [2.75, 3.05) is 6.61 Å². The Morgan fingerprint density at radius 2 is 2.14 bits per heavy atom. The molecule has 5 N–H and O–H groups in total. The average molecular weight is 206 g/mol. The van der Waals surface area contributed by atoms with E-state index in [1.165, 1.54) is 6.92 Å². The zero-order chi connectivity index (χ0) is 10.7. The summed E-state index contributed by atoms with van der Waals surface area (Å²) >= 11 is 0. The quantitative estimate of drug-likeness (QED) is 0.331. The molecule has 0 aromatic carbocycles. The summed E-state index contributed by atoms with van der Waals surface area (Å²) in [5.74, 6) is -0.361. The van der Waals surface area contributed by atoms with E-state index in [0.717, 1.165) is 0 Å². The van der Waals surface area contributed by atoms with Crippen LogP contribution < -0.4 is 10.8 Å². The van der Waals surface area contributed by atoms with E-state index in [-0.39, 0.29) is 5.91 Å². The number of hydrogen-bond acceptors (Lipinski definition) is 6. The number of carbonyl (C=O) groups excluding carboxylic acids is 1. The standard InChI is InChI=1S/C7H14N2O5/c1-3(11)8-7-6(13)5(12)4(2-10)14-9-7/h4-7,9-10,12-13H,2H2,1H3,(H,8,11). The minimum absolute atomic E-state index is 0.361. The topological polar surface area (TPSA) is 111 Å². The molecule has 1 rings (SSSR count). The van der Waals surface area contributed by atoms with Crippen molar-refractivity contribution in [1.29, 1.82) is 0 Å². The van der Waals surface area contributed by atoms with Crippen LogP contribution in [0.15, 0.2) is 0 Å². The summed E-state index contributed by atoms with van der Waals surface area (Å²) in [6, 6.07) is 0. The fraction of sp³-hybridized carbons (Fsp3) is 0.857. The molecule has 4 atom stereocenters. The van der Waals surface area contributed by atoms with E-state index >= 15 is 0 Å². The summed E-state index contributed by atoms with van der Waals surface area (Å²) in [5.41, 5.74) is 2.33. The molecule has 7 heteroatoms. The number of amides is 1. The Hall–Kier alpha value is -0.730. The van der Waals surface area contributed by atoms with Crippen LogP contribution >= 0.6 is 0 Å². The Balaban J connectivity index is 2.54. The van der Waals surface area contributed by atoms with E-state index < -0.39 is 31.1 Å². The number of aliphatic hydroxyl groups excluding tert-OH is 3. The Labute approximate surface area is 80.6 Å². The Morgan fingerprint density at radius 3 is 2.64 bits per heavy atom. The maximum absolute atomic E-state index is 10.7. The maximum atomic E-state index is 10.7. The average Bonchev–Trinajstić information content (AvgIpc) is 2.13. The molecular formula is C7H14N2O5. The van der Waals surface area contributed by atoms with Crippen LogP contribution in [0.5, 0.6) is 0 Å². The Kier molecular flexibility index (Phi) is 3.78. The first-order valence-corrected chi connectivity index (χ1v) is 4.21. The second kappa shape index (κ2) is 4.67. The van der Waals surface area contributed by atoms with Crippen LogP contribution in [-0.4, -0.2) is 52.3 Å². The zero-order valence-electron chi connectivity index (χ0n) is 7.67. The van der Waals surface area contributed by atoms with Gasteiger partial charge in [0.15, 0.2) is 0 Å². The molecule has 0 aromatic rings. The largest absolute Gasteiger partial charge is 0.393 e. The molecule has 0 spiro atoms. The van der Waals surface area contributed by atoms with Crippen LogP contribution in [0.2, 0.25) is 0 Å². The summed E-state index contributed by atoms with van der Waals surface area (Å²) in [4.78, 5) is 15.5. The fourth-order valence-electron chi connectivity index (χ4n) is 1.20. The van der Waals surface area contributed by atoms with Crippen molar-refractivity contribution in [1.82, 2.24) is 10.8 Å². The van der Waals surface area contributed by atoms with Gasteiger partial charge in [0.1, 0.15) is 24.5 Å². The van der Waals surface area contributed by atoms with E-state index in [1.807, 2.05) is 0 Å². The van der Waals surface area contributed by atoms with Crippen molar-refractivity contribution in [3.63, 3.8) is 0 Å². The maximum Gasteiger partial charge on any atom is 0.218 e. The minimum atomic E-state index is -1.24. The lowest BCUT2D eigenvalue weighted by Gasteiger charge is -2.37. The highest BCUT2D eigenvalue weighted by molar-refractivity contribution is 5.73. The first-order chi connectivity index (χ1) is 6.56. The molecule has 4 unspecified atom stereocenters. The molecule has 1 saturated heterocycles. The summed E-state index contributed by atoms with van der Waals surface area (Å²) in [6.07, 6.45) is -4.22. The number of rotatable bonds is 2. The van der Waals surface area contributed by atoms with Crippen molar-refractivity contribution in [3.8, 4) is 0 Å². The number of aliphatic hydroxyl groups is 3. The van der Waals surface area contributed by atoms with E-state index in [1.54, 1.807) is 0 Å². The normalized spacial score (nSPS) is 38.0. The molecule has 1 aliphatic heterocycles. The first kappa shape index (κ1) is 11.3. The van der Waals surface area contributed by atoms with E-state index in [2.05, 4.69) is 10.8 Å². The number of carbonyl (C=O) groups is 1. The van der Waals surface area contributed by atoms with Crippen LogP contribution in [0.4, 0.5) is 0 Å². The molecule has 0 aromatic heterocycles. The highest BCUT2D eigenvalue weighted by Crippen LogP contribution is 2.11. The Bertz CT molecular complexity index is 212. The zero-order valence-corrected chi connectivity index (χ0v) is 7.67. The third kappa shape index (κ3) is 2.40. The lowest BCUT2D eigenvalue weighted by molar-refractivity contribution is -0.207. The van der Waals surface area contributed by atoms with Gasteiger partial charge in [-0.3, -0.25) is 9.63 Å². The predicted molar refractivity (Wildman–Crippen MR) is 44.7 cm³/mol. The smallest absolute Gasteiger partial charge is 0.218 e. The van der Waals surface area contributed by atoms with Crippen LogP contribution in [0.3, 0.4) is 0 Å². The van der Waals surface area contributed by atoms with Crippen LogP contribution in [0.25, 0.3) is 0 Å². The lowest BCUT2D eigenvalue weighted by Crippen LogP contribution is -2.64. The fourth-order valence-corrected chi connectivity index (χ4v) is 1.20. The van der Waals surface area contributed by atoms with Gasteiger partial charge in [-0.25, -0.2) is 0 Å². The van der Waals surface area contributed by atoms with Crippen LogP contribution in [0.1, 0.15) is 6.92 Å².